The van der Waals surface area contributed by atoms with E-state index in [1.54, 1.807) is 6.07 Å². The molecule has 1 aromatic carbocycles. The SMILES string of the molecule is O=C(O)CC(C(=O)NO)(C(=O)c1ccccc1)N1C(=O)C=CC1=O. The molecule has 3 N–H and O–H groups in total. The molecule has 2 rings (SSSR count). The van der Waals surface area contributed by atoms with Gasteiger partial charge in [-0.05, 0) is 0 Å². The van der Waals surface area contributed by atoms with Gasteiger partial charge in [0.05, 0.1) is 6.42 Å². The van der Waals surface area contributed by atoms with Gasteiger partial charge in [0, 0.05) is 17.7 Å². The van der Waals surface area contributed by atoms with Gasteiger partial charge in [0.1, 0.15) is 0 Å². The smallest absolute Gasteiger partial charge is 0.306 e. The standard InChI is InChI=1S/C15H12N2O7/c18-10-6-7-11(19)17(10)15(8-12(20)21,14(23)16-24)13(22)9-4-2-1-3-5-9/h1-7,24H,8H2,(H,16,23)(H,20,21). The van der Waals surface area contributed by atoms with Crippen molar-refractivity contribution in [2.75, 3.05) is 0 Å². The summed E-state index contributed by atoms with van der Waals surface area (Å²) in [6, 6.07) is 7.09. The number of benzene rings is 1. The normalized spacial score (nSPS) is 16.0. The number of amides is 3. The highest BCUT2D eigenvalue weighted by molar-refractivity contribution is 6.27. The number of carboxylic acids is 1. The van der Waals surface area contributed by atoms with Crippen LogP contribution in [-0.2, 0) is 19.2 Å². The van der Waals surface area contributed by atoms with E-state index in [2.05, 4.69) is 0 Å². The van der Waals surface area contributed by atoms with E-state index in [0.29, 0.717) is 0 Å². The zero-order chi connectivity index (χ0) is 17.9. The molecule has 1 aliphatic rings. The van der Waals surface area contributed by atoms with Crippen LogP contribution in [0.2, 0.25) is 0 Å². The molecule has 1 atom stereocenters. The van der Waals surface area contributed by atoms with Crippen LogP contribution < -0.4 is 5.48 Å². The largest absolute Gasteiger partial charge is 0.481 e. The Labute approximate surface area is 135 Å². The Morgan fingerprint density at radius 1 is 1.04 bits per heavy atom. The number of rotatable bonds is 6. The summed E-state index contributed by atoms with van der Waals surface area (Å²) >= 11 is 0. The van der Waals surface area contributed by atoms with E-state index in [0.717, 1.165) is 12.2 Å². The molecule has 124 valence electrons. The Morgan fingerprint density at radius 3 is 2.04 bits per heavy atom. The van der Waals surface area contributed by atoms with Crippen LogP contribution in [0.25, 0.3) is 0 Å². The molecule has 0 saturated carbocycles. The van der Waals surface area contributed by atoms with Crippen LogP contribution >= 0.6 is 0 Å². The second-order valence-corrected chi connectivity index (χ2v) is 4.91. The van der Waals surface area contributed by atoms with Gasteiger partial charge in [0.25, 0.3) is 17.7 Å². The predicted octanol–water partition coefficient (Wildman–Crippen LogP) is -0.487. The molecule has 3 amide bonds. The number of hydroxylamine groups is 1. The van der Waals surface area contributed by atoms with Gasteiger partial charge in [-0.3, -0.25) is 34.1 Å². The first kappa shape index (κ1) is 17.0. The Bertz CT molecular complexity index is 738. The van der Waals surface area contributed by atoms with Crippen LogP contribution in [0.4, 0.5) is 0 Å². The van der Waals surface area contributed by atoms with E-state index in [9.17, 15) is 24.0 Å². The van der Waals surface area contributed by atoms with Gasteiger partial charge in [-0.25, -0.2) is 5.48 Å². The van der Waals surface area contributed by atoms with Crippen LogP contribution in [0.3, 0.4) is 0 Å². The number of imide groups is 1. The molecule has 0 bridgehead atoms. The third-order valence-corrected chi connectivity index (χ3v) is 3.49. The number of carboxylic acid groups (broad SMARTS) is 1. The Morgan fingerprint density at radius 2 is 1.58 bits per heavy atom. The molecular formula is C15H12N2O7. The van der Waals surface area contributed by atoms with Gasteiger partial charge >= 0.3 is 5.97 Å². The summed E-state index contributed by atoms with van der Waals surface area (Å²) in [6.45, 7) is 0. The van der Waals surface area contributed by atoms with Gasteiger partial charge in [-0.15, -0.1) is 0 Å². The molecule has 1 heterocycles. The minimum absolute atomic E-state index is 0.102. The molecule has 0 radical (unpaired) electrons. The molecule has 24 heavy (non-hydrogen) atoms. The summed E-state index contributed by atoms with van der Waals surface area (Å²) in [5.74, 6) is -6.29. The summed E-state index contributed by atoms with van der Waals surface area (Å²) in [6.07, 6.45) is 0.413. The number of hydrogen-bond donors (Lipinski definition) is 3. The maximum atomic E-state index is 12.9. The zero-order valence-corrected chi connectivity index (χ0v) is 12.1. The lowest BCUT2D eigenvalue weighted by molar-refractivity contribution is -0.157. The summed E-state index contributed by atoms with van der Waals surface area (Å²) < 4.78 is 0. The van der Waals surface area contributed by atoms with Gasteiger partial charge in [0.15, 0.2) is 5.78 Å². The molecule has 1 aliphatic heterocycles. The number of ketones is 1. The Hall–Kier alpha value is -3.33. The minimum atomic E-state index is -2.75. The summed E-state index contributed by atoms with van der Waals surface area (Å²) in [5, 5.41) is 18.1. The number of Topliss-reactive ketones (excluding diaryl/α,β-unsaturated/α-hetero) is 1. The van der Waals surface area contributed by atoms with Gasteiger partial charge in [0.2, 0.25) is 5.54 Å². The fraction of sp³-hybridized carbons (Fsp3) is 0.133. The minimum Gasteiger partial charge on any atom is -0.481 e. The topological polar surface area (TPSA) is 141 Å². The molecule has 1 unspecified atom stereocenters. The van der Waals surface area contributed by atoms with Crippen molar-refractivity contribution < 1.29 is 34.3 Å². The van der Waals surface area contributed by atoms with Crippen molar-refractivity contribution in [3.05, 3.63) is 48.0 Å². The molecule has 0 fully saturated rings. The van der Waals surface area contributed by atoms with Crippen molar-refractivity contribution in [3.8, 4) is 0 Å². The van der Waals surface area contributed by atoms with Crippen molar-refractivity contribution in [1.82, 2.24) is 10.4 Å². The maximum absolute atomic E-state index is 12.9. The lowest BCUT2D eigenvalue weighted by Crippen LogP contribution is -2.66. The number of nitrogens with zero attached hydrogens (tertiary/aromatic N) is 1. The monoisotopic (exact) mass is 332 g/mol. The summed E-state index contributed by atoms with van der Waals surface area (Å²) in [4.78, 5) is 60.6. The highest BCUT2D eigenvalue weighted by Gasteiger charge is 2.57. The molecule has 0 aliphatic carbocycles. The first-order valence-electron chi connectivity index (χ1n) is 6.67. The molecule has 9 nitrogen and oxygen atoms in total. The van der Waals surface area contributed by atoms with E-state index in [1.165, 1.54) is 29.7 Å². The number of carbonyl (C=O) groups is 5. The Balaban J connectivity index is 2.69. The number of aliphatic carboxylic acids is 1. The first-order valence-corrected chi connectivity index (χ1v) is 6.67. The van der Waals surface area contributed by atoms with Crippen molar-refractivity contribution in [3.63, 3.8) is 0 Å². The van der Waals surface area contributed by atoms with Gasteiger partial charge < -0.3 is 5.11 Å². The second-order valence-electron chi connectivity index (χ2n) is 4.91. The van der Waals surface area contributed by atoms with Gasteiger partial charge in [-0.2, -0.15) is 0 Å². The molecule has 0 spiro atoms. The van der Waals surface area contributed by atoms with Crippen molar-refractivity contribution in [2.24, 2.45) is 0 Å². The van der Waals surface area contributed by atoms with Crippen LogP contribution in [0.15, 0.2) is 42.5 Å². The fourth-order valence-electron chi connectivity index (χ4n) is 2.46. The molecule has 9 heteroatoms. The van der Waals surface area contributed by atoms with Crippen molar-refractivity contribution >= 4 is 29.5 Å². The maximum Gasteiger partial charge on any atom is 0.306 e. The van der Waals surface area contributed by atoms with E-state index in [4.69, 9.17) is 10.3 Å². The second kappa shape index (κ2) is 6.42. The lowest BCUT2D eigenvalue weighted by atomic mass is 9.83. The number of hydrogen-bond acceptors (Lipinski definition) is 6. The van der Waals surface area contributed by atoms with Crippen molar-refractivity contribution in [1.29, 1.82) is 0 Å². The third-order valence-electron chi connectivity index (χ3n) is 3.49. The van der Waals surface area contributed by atoms with E-state index < -0.39 is 41.4 Å². The first-order chi connectivity index (χ1) is 11.3. The third kappa shape index (κ3) is 2.68. The lowest BCUT2D eigenvalue weighted by Gasteiger charge is -2.35. The van der Waals surface area contributed by atoms with E-state index >= 15 is 0 Å². The quantitative estimate of drug-likeness (QED) is 0.210. The highest BCUT2D eigenvalue weighted by Crippen LogP contribution is 2.29. The van der Waals surface area contributed by atoms with Crippen LogP contribution in [0, 0.1) is 0 Å². The highest BCUT2D eigenvalue weighted by atomic mass is 16.5. The molecular weight excluding hydrogens is 320 g/mol. The van der Waals surface area contributed by atoms with E-state index in [-0.39, 0.29) is 10.5 Å². The number of nitrogens with one attached hydrogen (secondary N) is 1. The van der Waals surface area contributed by atoms with Crippen molar-refractivity contribution in [2.45, 2.75) is 12.0 Å². The van der Waals surface area contributed by atoms with Gasteiger partial charge in [-0.1, -0.05) is 30.3 Å². The fourth-order valence-corrected chi connectivity index (χ4v) is 2.46. The summed E-state index contributed by atoms with van der Waals surface area (Å²) in [7, 11) is 0. The van der Waals surface area contributed by atoms with Crippen LogP contribution in [0.1, 0.15) is 16.8 Å². The number of carbonyl (C=O) groups excluding carboxylic acids is 4. The molecule has 0 aromatic heterocycles. The molecule has 1 aromatic rings. The predicted molar refractivity (Wildman–Crippen MR) is 76.7 cm³/mol. The van der Waals surface area contributed by atoms with E-state index in [1.807, 2.05) is 0 Å². The summed E-state index contributed by atoms with van der Waals surface area (Å²) in [5.41, 5.74) is -1.67. The molecule has 0 saturated heterocycles. The zero-order valence-electron chi connectivity index (χ0n) is 12.1. The van der Waals surface area contributed by atoms with Crippen LogP contribution in [0.5, 0.6) is 0 Å². The Kier molecular flexibility index (Phi) is 4.56. The average molecular weight is 332 g/mol. The average Bonchev–Trinajstić information content (AvgIpc) is 2.91. The van der Waals surface area contributed by atoms with Crippen LogP contribution in [-0.4, -0.2) is 50.2 Å².